The van der Waals surface area contributed by atoms with Crippen molar-refractivity contribution in [1.82, 2.24) is 0 Å². The van der Waals surface area contributed by atoms with E-state index in [0.717, 1.165) is 0 Å². The molecule has 7 heterocycles. The summed E-state index contributed by atoms with van der Waals surface area (Å²) in [6.07, 6.45) is 14.9. The second-order valence-corrected chi connectivity index (χ2v) is 28.8. The Labute approximate surface area is 642 Å². The van der Waals surface area contributed by atoms with Crippen molar-refractivity contribution >= 4 is 0 Å². The molecular weight excluding hydrogens is 1300 g/mol. The lowest BCUT2D eigenvalue weighted by atomic mass is 9.99. The van der Waals surface area contributed by atoms with Crippen LogP contribution in [-0.2, 0) is 49.3 Å². The van der Waals surface area contributed by atoms with E-state index in [1.807, 2.05) is 6.07 Å². The second kappa shape index (κ2) is 38.6. The van der Waals surface area contributed by atoms with Crippen LogP contribution in [0.3, 0.4) is 0 Å². The highest BCUT2D eigenvalue weighted by Gasteiger charge is 2.20. The molecule has 0 aliphatic heterocycles. The van der Waals surface area contributed by atoms with E-state index in [9.17, 15) is 0 Å². The molecule has 0 aliphatic carbocycles. The first-order valence-electron chi connectivity index (χ1n) is 37.3. The minimum atomic E-state index is 1.26. The van der Waals surface area contributed by atoms with Gasteiger partial charge in [-0.3, -0.25) is 0 Å². The van der Waals surface area contributed by atoms with Crippen LogP contribution < -0.4 is 32.0 Å². The van der Waals surface area contributed by atoms with Crippen molar-refractivity contribution in [3.63, 3.8) is 0 Å². The minimum Gasteiger partial charge on any atom is -0.201 e. The van der Waals surface area contributed by atoms with E-state index < -0.39 is 0 Å². The number of nitrogens with zero attached hydrogens (tertiary/aromatic N) is 7. The summed E-state index contributed by atoms with van der Waals surface area (Å²) in [4.78, 5) is 0. The lowest BCUT2D eigenvalue weighted by molar-refractivity contribution is -0.661. The first kappa shape index (κ1) is 81.3. The zero-order valence-electron chi connectivity index (χ0n) is 68.3. The van der Waals surface area contributed by atoms with E-state index in [4.69, 9.17) is 0 Å². The van der Waals surface area contributed by atoms with Crippen molar-refractivity contribution in [2.75, 3.05) is 0 Å². The molecule has 0 fully saturated rings. The summed E-state index contributed by atoms with van der Waals surface area (Å²) in [6.45, 7) is 34.4. The molecule has 0 N–H and O–H groups in total. The first-order valence-corrected chi connectivity index (χ1v) is 37.3. The molecule has 7 aromatic heterocycles. The van der Waals surface area contributed by atoms with Crippen molar-refractivity contribution in [2.24, 2.45) is 49.3 Å². The van der Waals surface area contributed by atoms with Crippen molar-refractivity contribution in [3.8, 4) is 78.8 Å². The Balaban J connectivity index is 0.000000158. The quantitative estimate of drug-likeness (QED) is 0.142. The van der Waals surface area contributed by atoms with Gasteiger partial charge in [-0.25, -0.2) is 32.0 Å². The predicted molar refractivity (Wildman–Crippen MR) is 447 cm³/mol. The molecule has 0 atom stereocenters. The lowest BCUT2D eigenvalue weighted by Crippen LogP contribution is -2.32. The SMILES string of the molecule is Cc1cc(-c2ccccc2C)[n+](C)cc1C.Cc1cc(C)c(-c2ccccc2C)[n+](C)c1.Cc1cc[n+](C)c(-c2ccccc2C)c1.Cc1ccc(-c2ccccc2C)[n+](C)c1.Cc1ccccc1-c1c(C)c(C)cc[n+]1C.Cc1ccccc1-c1c(C)ccc[n+]1C.Cc1ccccc1-c1cccc[n+]1C. The van der Waals surface area contributed by atoms with Gasteiger partial charge in [0, 0.05) is 121 Å². The van der Waals surface area contributed by atoms with Crippen LogP contribution in [0.4, 0.5) is 0 Å². The van der Waals surface area contributed by atoms with Crippen molar-refractivity contribution in [2.45, 2.75) is 111 Å². The van der Waals surface area contributed by atoms with E-state index in [2.05, 4.69) is 472 Å². The smallest absolute Gasteiger partial charge is 0.201 e. The molecule has 0 bridgehead atoms. The summed E-state index contributed by atoms with van der Waals surface area (Å²) in [5, 5.41) is 0. The molecule has 0 spiro atoms. The normalized spacial score (nSPS) is 10.4. The van der Waals surface area contributed by atoms with Gasteiger partial charge in [0.25, 0.3) is 0 Å². The van der Waals surface area contributed by atoms with Crippen LogP contribution in [0.5, 0.6) is 0 Å². The number of aryl methyl sites for hydroxylation is 22. The molecule has 7 nitrogen and oxygen atoms in total. The topological polar surface area (TPSA) is 27.2 Å². The van der Waals surface area contributed by atoms with E-state index in [0.29, 0.717) is 0 Å². The van der Waals surface area contributed by atoms with E-state index in [1.165, 1.54) is 168 Å². The van der Waals surface area contributed by atoms with Gasteiger partial charge < -0.3 is 0 Å². The molecule has 7 heteroatoms. The molecule has 107 heavy (non-hydrogen) atoms. The molecule has 0 aliphatic rings. The third kappa shape index (κ3) is 21.6. The highest BCUT2D eigenvalue weighted by atomic mass is 14.9. The van der Waals surface area contributed by atoms with Gasteiger partial charge in [0.1, 0.15) is 49.3 Å². The predicted octanol–water partition coefficient (Wildman–Crippen LogP) is 20.2. The molecule has 14 aromatic rings. The Bertz CT molecular complexity index is 5260. The minimum absolute atomic E-state index is 1.26. The number of benzene rings is 7. The summed E-state index contributed by atoms with van der Waals surface area (Å²) in [5.41, 5.74) is 39.3. The van der Waals surface area contributed by atoms with Gasteiger partial charge in [0.05, 0.1) is 0 Å². The average Bonchev–Trinajstić information content (AvgIpc) is 0.852. The molecule has 0 saturated carbocycles. The molecule has 0 saturated heterocycles. The van der Waals surface area contributed by atoms with Crippen molar-refractivity contribution < 1.29 is 32.0 Å². The van der Waals surface area contributed by atoms with Crippen molar-refractivity contribution in [1.29, 1.82) is 0 Å². The molecule has 14 rings (SSSR count). The van der Waals surface area contributed by atoms with Crippen LogP contribution in [0.15, 0.2) is 286 Å². The number of hydrogen-bond donors (Lipinski definition) is 0. The third-order valence-corrected chi connectivity index (χ3v) is 20.1. The molecular formula is C100H116N7+7. The summed E-state index contributed by atoms with van der Waals surface area (Å²) in [6, 6.07) is 85.3. The van der Waals surface area contributed by atoms with Gasteiger partial charge >= 0.3 is 0 Å². The Kier molecular flexibility index (Phi) is 29.3. The van der Waals surface area contributed by atoms with Gasteiger partial charge in [-0.15, -0.1) is 0 Å². The summed E-state index contributed by atoms with van der Waals surface area (Å²) >= 11 is 0. The number of pyridine rings is 7. The van der Waals surface area contributed by atoms with E-state index >= 15 is 0 Å². The van der Waals surface area contributed by atoms with Gasteiger partial charge in [-0.1, -0.05) is 127 Å². The summed E-state index contributed by atoms with van der Waals surface area (Å²) < 4.78 is 15.3. The lowest BCUT2D eigenvalue weighted by Gasteiger charge is -2.08. The fourth-order valence-electron chi connectivity index (χ4n) is 13.8. The number of rotatable bonds is 7. The van der Waals surface area contributed by atoms with Crippen LogP contribution in [0.2, 0.25) is 0 Å². The molecule has 0 unspecified atom stereocenters. The molecule has 7 aromatic carbocycles. The third-order valence-electron chi connectivity index (χ3n) is 20.1. The van der Waals surface area contributed by atoms with Gasteiger partial charge in [0.15, 0.2) is 43.4 Å². The maximum absolute atomic E-state index is 2.26. The maximum Gasteiger partial charge on any atom is 0.215 e. The number of aromatic nitrogens is 7. The molecule has 0 amide bonds. The highest BCUT2D eigenvalue weighted by molar-refractivity contribution is 5.68. The fraction of sp³-hybridized carbons (Fsp3) is 0.230. The van der Waals surface area contributed by atoms with Crippen LogP contribution in [-0.4, -0.2) is 0 Å². The van der Waals surface area contributed by atoms with Gasteiger partial charge in [0.2, 0.25) is 39.9 Å². The summed E-state index contributed by atoms with van der Waals surface area (Å²) in [5.74, 6) is 0. The average molecular weight is 1420 g/mol. The highest BCUT2D eigenvalue weighted by Crippen LogP contribution is 2.28. The fourth-order valence-corrected chi connectivity index (χ4v) is 13.8. The maximum atomic E-state index is 2.26. The largest absolute Gasteiger partial charge is 0.215 e. The van der Waals surface area contributed by atoms with Crippen molar-refractivity contribution in [3.05, 3.63) is 375 Å². The van der Waals surface area contributed by atoms with E-state index in [1.54, 1.807) is 0 Å². The monoisotopic (exact) mass is 1410 g/mol. The molecule has 0 radical (unpaired) electrons. The zero-order valence-corrected chi connectivity index (χ0v) is 68.3. The summed E-state index contributed by atoms with van der Waals surface area (Å²) in [7, 11) is 14.7. The van der Waals surface area contributed by atoms with Crippen LogP contribution in [0.1, 0.15) is 89.0 Å². The number of hydrogen-bond acceptors (Lipinski definition) is 0. The Morgan fingerprint density at radius 2 is 0.514 bits per heavy atom. The zero-order chi connectivity index (χ0) is 77.6. The van der Waals surface area contributed by atoms with Crippen LogP contribution >= 0.6 is 0 Å². The Morgan fingerprint density at radius 1 is 0.168 bits per heavy atom. The van der Waals surface area contributed by atoms with Crippen LogP contribution in [0, 0.1) is 111 Å². The Hall–Kier alpha value is -11.4. The first-order chi connectivity index (χ1) is 51.1. The second-order valence-electron chi connectivity index (χ2n) is 28.8. The Morgan fingerprint density at radius 3 is 0.953 bits per heavy atom. The van der Waals surface area contributed by atoms with Gasteiger partial charge in [-0.05, 0) is 233 Å². The van der Waals surface area contributed by atoms with E-state index in [-0.39, 0.29) is 0 Å². The van der Waals surface area contributed by atoms with Crippen LogP contribution in [0.25, 0.3) is 78.8 Å². The molecule has 544 valence electrons. The standard InChI is InChI=1S/3C15H18N.3C14H16N.C13H14N/c1-11-9-13(3)15(16(4)10-11)14-8-6-5-7-12(14)2;1-11-7-5-6-8-14(11)15-9-12(2)13(3)10-16(15)4;1-11-9-10-16(4)15(13(11)3)14-8-6-5-7-12(14)2;1-11-7-4-5-9-13(11)14-12(2)8-6-10-15(14)3;1-11-8-9-15(3)14(10-11)13-7-5-4-6-12(13)2;1-11-8-9-14(15(3)10-11)13-7-5-4-6-12(13)2;1-11-7-3-4-8-12(11)13-9-5-6-10-14(13)2/h3*5-10H,1-4H3;3*4-10H,1-3H3;3-10H,1-2H3/q7*+1. The van der Waals surface area contributed by atoms with Gasteiger partial charge in [-0.2, -0.15) is 0 Å².